The van der Waals surface area contributed by atoms with Gasteiger partial charge in [-0.2, -0.15) is 0 Å². The lowest BCUT2D eigenvalue weighted by atomic mass is 9.78. The molecular weight excluding hydrogens is 242 g/mol. The van der Waals surface area contributed by atoms with Gasteiger partial charge >= 0.3 is 5.97 Å². The normalized spacial score (nSPS) is 36.0. The Hall–Kier alpha value is -1.06. The van der Waals surface area contributed by atoms with E-state index in [0.717, 1.165) is 38.8 Å². The molecule has 2 fully saturated rings. The molecule has 1 amide bonds. The first kappa shape index (κ1) is 14.4. The van der Waals surface area contributed by atoms with Crippen LogP contribution in [0.4, 0.5) is 0 Å². The van der Waals surface area contributed by atoms with Crippen LogP contribution in [0.2, 0.25) is 0 Å². The van der Waals surface area contributed by atoms with Gasteiger partial charge in [-0.05, 0) is 31.1 Å². The molecular formula is C15H25NO3. The van der Waals surface area contributed by atoms with Crippen molar-refractivity contribution in [1.29, 1.82) is 0 Å². The molecule has 19 heavy (non-hydrogen) atoms. The summed E-state index contributed by atoms with van der Waals surface area (Å²) in [6, 6.07) is 0. The number of carbonyl (C=O) groups excluding carboxylic acids is 1. The van der Waals surface area contributed by atoms with Gasteiger partial charge in [0.2, 0.25) is 5.91 Å². The van der Waals surface area contributed by atoms with E-state index in [1.807, 2.05) is 4.90 Å². The zero-order chi connectivity index (χ0) is 14.0. The number of likely N-dealkylation sites (tertiary alicyclic amines) is 1. The zero-order valence-electron chi connectivity index (χ0n) is 12.0. The van der Waals surface area contributed by atoms with Gasteiger partial charge in [0.15, 0.2) is 0 Å². The Balaban J connectivity index is 2.06. The molecule has 108 valence electrons. The molecule has 0 bridgehead atoms. The molecule has 0 aromatic heterocycles. The van der Waals surface area contributed by atoms with E-state index in [2.05, 4.69) is 13.8 Å². The summed E-state index contributed by atoms with van der Waals surface area (Å²) in [6.07, 6.45) is 4.49. The van der Waals surface area contributed by atoms with Crippen molar-refractivity contribution in [1.82, 2.24) is 4.90 Å². The monoisotopic (exact) mass is 267 g/mol. The molecule has 0 aromatic rings. The predicted molar refractivity (Wildman–Crippen MR) is 72.6 cm³/mol. The minimum Gasteiger partial charge on any atom is -0.481 e. The summed E-state index contributed by atoms with van der Waals surface area (Å²) in [5.74, 6) is -0.404. The quantitative estimate of drug-likeness (QED) is 0.835. The van der Waals surface area contributed by atoms with E-state index < -0.39 is 11.9 Å². The van der Waals surface area contributed by atoms with Crippen molar-refractivity contribution in [2.75, 3.05) is 13.1 Å². The standard InChI is InChI=1S/C15H25NO3/c1-10-7-11(2)9-16(8-10)14(17)12-5-3-4-6-13(12)15(18)19/h10-13H,3-9H2,1-2H3,(H,18,19)/t10-,11+,12-,13-/m0/s1. The molecule has 0 radical (unpaired) electrons. The lowest BCUT2D eigenvalue weighted by molar-refractivity contribution is -0.153. The van der Waals surface area contributed by atoms with Crippen LogP contribution in [-0.4, -0.2) is 35.0 Å². The number of hydrogen-bond acceptors (Lipinski definition) is 2. The fourth-order valence-corrected chi connectivity index (χ4v) is 3.80. The van der Waals surface area contributed by atoms with Gasteiger partial charge in [0.05, 0.1) is 11.8 Å². The van der Waals surface area contributed by atoms with Gasteiger partial charge in [-0.3, -0.25) is 9.59 Å². The van der Waals surface area contributed by atoms with Gasteiger partial charge in [-0.15, -0.1) is 0 Å². The molecule has 1 saturated carbocycles. The van der Waals surface area contributed by atoms with E-state index in [4.69, 9.17) is 0 Å². The fraction of sp³-hybridized carbons (Fsp3) is 0.867. The predicted octanol–water partition coefficient (Wildman–Crippen LogP) is 2.38. The maximum atomic E-state index is 12.6. The number of carboxylic acid groups (broad SMARTS) is 1. The first-order valence-electron chi connectivity index (χ1n) is 7.50. The smallest absolute Gasteiger partial charge is 0.307 e. The molecule has 1 aliphatic heterocycles. The van der Waals surface area contributed by atoms with E-state index in [1.165, 1.54) is 0 Å². The minimum absolute atomic E-state index is 0.0884. The van der Waals surface area contributed by atoms with Crippen LogP contribution in [-0.2, 0) is 9.59 Å². The summed E-state index contributed by atoms with van der Waals surface area (Å²) >= 11 is 0. The molecule has 4 heteroatoms. The summed E-state index contributed by atoms with van der Waals surface area (Å²) in [4.78, 5) is 25.9. The van der Waals surface area contributed by atoms with Crippen LogP contribution in [0.1, 0.15) is 46.0 Å². The molecule has 2 rings (SSSR count). The van der Waals surface area contributed by atoms with Gasteiger partial charge in [-0.1, -0.05) is 26.7 Å². The molecule has 1 N–H and O–H groups in total. The summed E-state index contributed by atoms with van der Waals surface area (Å²) in [7, 11) is 0. The van der Waals surface area contributed by atoms with Crippen LogP contribution in [0.15, 0.2) is 0 Å². The highest BCUT2D eigenvalue weighted by atomic mass is 16.4. The van der Waals surface area contributed by atoms with Crippen LogP contribution < -0.4 is 0 Å². The van der Waals surface area contributed by atoms with Crippen molar-refractivity contribution >= 4 is 11.9 Å². The Morgan fingerprint density at radius 3 is 2.05 bits per heavy atom. The van der Waals surface area contributed by atoms with Crippen LogP contribution in [0.25, 0.3) is 0 Å². The summed E-state index contributed by atoms with van der Waals surface area (Å²) in [6.45, 7) is 5.94. The third kappa shape index (κ3) is 3.28. The third-order valence-electron chi connectivity index (χ3n) is 4.58. The maximum absolute atomic E-state index is 12.6. The van der Waals surface area contributed by atoms with Crippen molar-refractivity contribution in [2.45, 2.75) is 46.0 Å². The van der Waals surface area contributed by atoms with E-state index in [-0.39, 0.29) is 11.8 Å². The molecule has 0 aromatic carbocycles. The van der Waals surface area contributed by atoms with Crippen LogP contribution in [0.5, 0.6) is 0 Å². The van der Waals surface area contributed by atoms with Gasteiger partial charge in [-0.25, -0.2) is 0 Å². The number of nitrogens with zero attached hydrogens (tertiary/aromatic N) is 1. The number of amides is 1. The molecule has 2 aliphatic rings. The number of carbonyl (C=O) groups is 2. The Labute approximate surface area is 115 Å². The fourth-order valence-electron chi connectivity index (χ4n) is 3.80. The highest BCUT2D eigenvalue weighted by Crippen LogP contribution is 2.33. The molecule has 0 unspecified atom stereocenters. The van der Waals surface area contributed by atoms with E-state index in [9.17, 15) is 14.7 Å². The lowest BCUT2D eigenvalue weighted by Gasteiger charge is -2.39. The Kier molecular flexibility index (Phi) is 4.48. The zero-order valence-corrected chi connectivity index (χ0v) is 12.0. The van der Waals surface area contributed by atoms with Crippen LogP contribution in [0, 0.1) is 23.7 Å². The highest BCUT2D eigenvalue weighted by molar-refractivity contribution is 5.85. The van der Waals surface area contributed by atoms with Crippen molar-refractivity contribution in [3.05, 3.63) is 0 Å². The number of rotatable bonds is 2. The van der Waals surface area contributed by atoms with E-state index in [0.29, 0.717) is 18.3 Å². The summed E-state index contributed by atoms with van der Waals surface area (Å²) in [5, 5.41) is 9.29. The van der Waals surface area contributed by atoms with Crippen molar-refractivity contribution < 1.29 is 14.7 Å². The number of hydrogen-bond donors (Lipinski definition) is 1. The molecule has 1 saturated heterocycles. The van der Waals surface area contributed by atoms with Crippen LogP contribution >= 0.6 is 0 Å². The molecule has 4 nitrogen and oxygen atoms in total. The summed E-state index contributed by atoms with van der Waals surface area (Å²) < 4.78 is 0. The second kappa shape index (κ2) is 5.93. The Morgan fingerprint density at radius 1 is 1.00 bits per heavy atom. The van der Waals surface area contributed by atoms with Crippen molar-refractivity contribution in [3.63, 3.8) is 0 Å². The SMILES string of the molecule is C[C@@H]1C[C@H](C)CN(C(=O)[C@H]2CCCC[C@@H]2C(=O)O)C1. The molecule has 1 heterocycles. The number of aliphatic carboxylic acids is 1. The van der Waals surface area contributed by atoms with Gasteiger partial charge in [0.25, 0.3) is 0 Å². The second-order valence-corrected chi connectivity index (χ2v) is 6.52. The number of piperidine rings is 1. The first-order chi connectivity index (χ1) is 8.99. The molecule has 0 spiro atoms. The second-order valence-electron chi connectivity index (χ2n) is 6.52. The minimum atomic E-state index is -0.795. The van der Waals surface area contributed by atoms with Gasteiger partial charge in [0, 0.05) is 13.1 Å². The highest BCUT2D eigenvalue weighted by Gasteiger charge is 2.39. The van der Waals surface area contributed by atoms with Crippen molar-refractivity contribution in [2.24, 2.45) is 23.7 Å². The van der Waals surface area contributed by atoms with Gasteiger partial charge < -0.3 is 10.0 Å². The molecule has 1 aliphatic carbocycles. The first-order valence-corrected chi connectivity index (χ1v) is 7.50. The van der Waals surface area contributed by atoms with Crippen molar-refractivity contribution in [3.8, 4) is 0 Å². The Morgan fingerprint density at radius 2 is 1.53 bits per heavy atom. The average molecular weight is 267 g/mol. The van der Waals surface area contributed by atoms with Crippen LogP contribution in [0.3, 0.4) is 0 Å². The largest absolute Gasteiger partial charge is 0.481 e. The van der Waals surface area contributed by atoms with Gasteiger partial charge in [0.1, 0.15) is 0 Å². The topological polar surface area (TPSA) is 57.6 Å². The lowest BCUT2D eigenvalue weighted by Crippen LogP contribution is -2.48. The van der Waals surface area contributed by atoms with E-state index in [1.54, 1.807) is 0 Å². The Bertz CT molecular complexity index is 345. The summed E-state index contributed by atoms with van der Waals surface area (Å²) in [5.41, 5.74) is 0. The number of carboxylic acids is 1. The third-order valence-corrected chi connectivity index (χ3v) is 4.58. The van der Waals surface area contributed by atoms with E-state index >= 15 is 0 Å². The maximum Gasteiger partial charge on any atom is 0.307 e. The average Bonchev–Trinajstić information content (AvgIpc) is 2.36. The molecule has 4 atom stereocenters.